The molecule has 10 heteroatoms. The minimum absolute atomic E-state index is 0.0178. The molecular formula is C26H30N6O4. The Kier molecular flexibility index (Phi) is 7.62. The topological polar surface area (TPSA) is 110 Å². The fourth-order valence-electron chi connectivity index (χ4n) is 4.28. The minimum atomic E-state index is -0.434. The Morgan fingerprint density at radius 3 is 2.72 bits per heavy atom. The molecule has 0 radical (unpaired) electrons. The van der Waals surface area contributed by atoms with E-state index in [0.717, 1.165) is 12.8 Å². The maximum absolute atomic E-state index is 13.1. The fraction of sp³-hybridized carbons (Fsp3) is 0.346. The van der Waals surface area contributed by atoms with Gasteiger partial charge in [-0.3, -0.25) is 9.36 Å². The number of piperidine rings is 1. The van der Waals surface area contributed by atoms with Crippen LogP contribution in [0, 0.1) is 0 Å². The van der Waals surface area contributed by atoms with Crippen LogP contribution in [0.3, 0.4) is 0 Å². The summed E-state index contributed by atoms with van der Waals surface area (Å²) in [5, 5.41) is 4.13. The molecule has 4 rings (SSSR count). The summed E-state index contributed by atoms with van der Waals surface area (Å²) < 4.78 is 6.73. The summed E-state index contributed by atoms with van der Waals surface area (Å²) in [5.74, 6) is 0.0874. The average Bonchev–Trinajstić information content (AvgIpc) is 3.34. The van der Waals surface area contributed by atoms with E-state index in [1.54, 1.807) is 48.5 Å². The number of anilines is 1. The van der Waals surface area contributed by atoms with E-state index in [9.17, 15) is 14.4 Å². The Labute approximate surface area is 209 Å². The van der Waals surface area contributed by atoms with Gasteiger partial charge < -0.3 is 19.9 Å². The number of rotatable bonds is 7. The van der Waals surface area contributed by atoms with E-state index < -0.39 is 5.97 Å². The van der Waals surface area contributed by atoms with Gasteiger partial charge in [0, 0.05) is 31.9 Å². The molecule has 2 amide bonds. The summed E-state index contributed by atoms with van der Waals surface area (Å²) in [4.78, 5) is 49.3. The zero-order valence-electron chi connectivity index (χ0n) is 20.5. The largest absolute Gasteiger partial charge is 0.460 e. The van der Waals surface area contributed by atoms with Gasteiger partial charge in [-0.1, -0.05) is 24.8 Å². The van der Waals surface area contributed by atoms with Crippen molar-refractivity contribution in [2.45, 2.75) is 31.8 Å². The van der Waals surface area contributed by atoms with Gasteiger partial charge >= 0.3 is 12.0 Å². The van der Waals surface area contributed by atoms with E-state index in [4.69, 9.17) is 4.74 Å². The van der Waals surface area contributed by atoms with E-state index in [1.807, 2.05) is 13.0 Å². The summed E-state index contributed by atoms with van der Waals surface area (Å²) in [6.07, 6.45) is 6.15. The molecule has 0 bridgehead atoms. The molecule has 0 unspecified atom stereocenters. The number of hydrogen-bond donors (Lipinski definition) is 1. The van der Waals surface area contributed by atoms with E-state index in [1.165, 1.54) is 21.9 Å². The summed E-state index contributed by atoms with van der Waals surface area (Å²) in [6, 6.07) is 10.4. The second kappa shape index (κ2) is 11.0. The van der Waals surface area contributed by atoms with E-state index in [-0.39, 0.29) is 37.2 Å². The highest BCUT2D eigenvalue weighted by Gasteiger charge is 2.28. The molecule has 10 nitrogen and oxygen atoms in total. The second-order valence-electron chi connectivity index (χ2n) is 8.81. The number of amides is 2. The first kappa shape index (κ1) is 24.9. The Bertz CT molecular complexity index is 1260. The third kappa shape index (κ3) is 5.37. The summed E-state index contributed by atoms with van der Waals surface area (Å²) in [6.45, 7) is 6.46. The van der Waals surface area contributed by atoms with Crippen LogP contribution in [-0.4, -0.2) is 81.1 Å². The molecule has 2 atom stereocenters. The Hall–Kier alpha value is -4.21. The number of ether oxygens (including phenoxy) is 1. The van der Waals surface area contributed by atoms with E-state index in [2.05, 4.69) is 21.9 Å². The molecular weight excluding hydrogens is 460 g/mol. The van der Waals surface area contributed by atoms with Crippen LogP contribution in [0.4, 0.5) is 10.6 Å². The lowest BCUT2D eigenvalue weighted by molar-refractivity contribution is -0.129. The zero-order valence-corrected chi connectivity index (χ0v) is 20.5. The molecule has 1 aromatic carbocycles. The molecule has 3 aromatic rings. The van der Waals surface area contributed by atoms with Crippen molar-refractivity contribution in [3.63, 3.8) is 0 Å². The number of hydrogen-bond acceptors (Lipinski definition) is 7. The number of benzene rings is 1. The maximum Gasteiger partial charge on any atom is 0.338 e. The molecule has 36 heavy (non-hydrogen) atoms. The predicted octanol–water partition coefficient (Wildman–Crippen LogP) is 3.17. The predicted molar refractivity (Wildman–Crippen MR) is 136 cm³/mol. The van der Waals surface area contributed by atoms with Crippen LogP contribution in [0.15, 0.2) is 61.6 Å². The summed E-state index contributed by atoms with van der Waals surface area (Å²) in [5.41, 5.74) is 0.929. The fourth-order valence-corrected chi connectivity index (χ4v) is 4.28. The number of fused-ring (bicyclic) bond motifs is 1. The number of carbonyl (C=O) groups is 3. The lowest BCUT2D eigenvalue weighted by atomic mass is 9.99. The van der Waals surface area contributed by atoms with Gasteiger partial charge in [-0.2, -0.15) is 0 Å². The monoisotopic (exact) mass is 490 g/mol. The minimum Gasteiger partial charge on any atom is -0.460 e. The number of likely N-dealkylation sites (tertiary alicyclic amines) is 1. The molecule has 3 heterocycles. The lowest BCUT2D eigenvalue weighted by Crippen LogP contribution is -2.49. The first-order chi connectivity index (χ1) is 17.4. The molecule has 2 aromatic heterocycles. The zero-order chi connectivity index (χ0) is 25.7. The second-order valence-corrected chi connectivity index (χ2v) is 8.81. The van der Waals surface area contributed by atoms with Crippen molar-refractivity contribution in [3.05, 3.63) is 67.1 Å². The van der Waals surface area contributed by atoms with Crippen LogP contribution >= 0.6 is 0 Å². The average molecular weight is 491 g/mol. The SMILES string of the molecule is C=CC(=O)N1C[C@@H](Nc2ncnc3c2ccn3C(=O)N(C)CCOC(=O)c2ccccc2)CC[C@H]1C. The number of aromatic nitrogens is 3. The van der Waals surface area contributed by atoms with Gasteiger partial charge in [-0.15, -0.1) is 0 Å². The first-order valence-electron chi connectivity index (χ1n) is 11.9. The first-order valence-corrected chi connectivity index (χ1v) is 11.9. The van der Waals surface area contributed by atoms with E-state index >= 15 is 0 Å². The quantitative estimate of drug-likeness (QED) is 0.400. The van der Waals surface area contributed by atoms with Crippen LogP contribution in [0.1, 0.15) is 30.1 Å². The number of esters is 1. The summed E-state index contributed by atoms with van der Waals surface area (Å²) >= 11 is 0. The molecule has 1 saturated heterocycles. The number of nitrogens with zero attached hydrogens (tertiary/aromatic N) is 5. The van der Waals surface area contributed by atoms with Crippen LogP contribution in [0.5, 0.6) is 0 Å². The van der Waals surface area contributed by atoms with Crippen LogP contribution in [-0.2, 0) is 9.53 Å². The Morgan fingerprint density at radius 1 is 1.19 bits per heavy atom. The molecule has 1 fully saturated rings. The normalized spacial score (nSPS) is 17.4. The van der Waals surface area contributed by atoms with Gasteiger partial charge in [0.1, 0.15) is 18.8 Å². The highest BCUT2D eigenvalue weighted by Crippen LogP contribution is 2.25. The van der Waals surface area contributed by atoms with Gasteiger partial charge in [0.25, 0.3) is 0 Å². The van der Waals surface area contributed by atoms with Gasteiger partial charge in [-0.25, -0.2) is 19.6 Å². The highest BCUT2D eigenvalue weighted by atomic mass is 16.5. The molecule has 0 saturated carbocycles. The molecule has 0 spiro atoms. The van der Waals surface area contributed by atoms with Crippen molar-refractivity contribution in [3.8, 4) is 0 Å². The summed E-state index contributed by atoms with van der Waals surface area (Å²) in [7, 11) is 1.64. The molecule has 1 N–H and O–H groups in total. The van der Waals surface area contributed by atoms with Crippen molar-refractivity contribution >= 4 is 34.8 Å². The Morgan fingerprint density at radius 2 is 1.97 bits per heavy atom. The van der Waals surface area contributed by atoms with Crippen molar-refractivity contribution in [1.82, 2.24) is 24.3 Å². The van der Waals surface area contributed by atoms with Gasteiger partial charge in [-0.05, 0) is 44.0 Å². The third-order valence-electron chi connectivity index (χ3n) is 6.36. The Balaban J connectivity index is 1.40. The number of nitrogens with one attached hydrogen (secondary N) is 1. The van der Waals surface area contributed by atoms with Crippen LogP contribution in [0.2, 0.25) is 0 Å². The maximum atomic E-state index is 13.1. The van der Waals surface area contributed by atoms with E-state index in [0.29, 0.717) is 29.0 Å². The molecule has 188 valence electrons. The molecule has 0 aliphatic carbocycles. The van der Waals surface area contributed by atoms with Crippen molar-refractivity contribution in [2.75, 3.05) is 32.1 Å². The van der Waals surface area contributed by atoms with Crippen LogP contribution < -0.4 is 5.32 Å². The standard InChI is InChI=1S/C26H30N6O4/c1-4-22(33)32-16-20(11-10-18(32)2)29-23-21-12-13-31(24(21)28-17-27-23)26(35)30(3)14-15-36-25(34)19-8-6-5-7-9-19/h4-9,12-13,17-18,20H,1,10-11,14-16H2,2-3H3,(H,27,28,29)/t18-,20+/m1/s1. The number of likely N-dealkylation sites (N-methyl/N-ethyl adjacent to an activating group) is 1. The van der Waals surface area contributed by atoms with Crippen LogP contribution in [0.25, 0.3) is 11.0 Å². The van der Waals surface area contributed by atoms with Crippen molar-refractivity contribution in [2.24, 2.45) is 0 Å². The lowest BCUT2D eigenvalue weighted by Gasteiger charge is -2.38. The van der Waals surface area contributed by atoms with Gasteiger partial charge in [0.15, 0.2) is 5.65 Å². The molecule has 1 aliphatic heterocycles. The van der Waals surface area contributed by atoms with Crippen molar-refractivity contribution < 1.29 is 19.1 Å². The third-order valence-corrected chi connectivity index (χ3v) is 6.36. The number of carbonyl (C=O) groups excluding carboxylic acids is 3. The molecule has 1 aliphatic rings. The smallest absolute Gasteiger partial charge is 0.338 e. The van der Waals surface area contributed by atoms with Crippen molar-refractivity contribution in [1.29, 1.82) is 0 Å². The highest BCUT2D eigenvalue weighted by molar-refractivity contribution is 5.94. The van der Waals surface area contributed by atoms with Gasteiger partial charge in [0.05, 0.1) is 17.5 Å². The van der Waals surface area contributed by atoms with Gasteiger partial charge in [0.2, 0.25) is 5.91 Å².